The summed E-state index contributed by atoms with van der Waals surface area (Å²) in [6.45, 7) is 4.62. The van der Waals surface area contributed by atoms with E-state index in [2.05, 4.69) is 5.16 Å². The maximum Gasteiger partial charge on any atom is 0.245 e. The van der Waals surface area contributed by atoms with Crippen LogP contribution in [-0.2, 0) is 20.4 Å². The van der Waals surface area contributed by atoms with E-state index in [1.807, 2.05) is 6.07 Å². The highest BCUT2D eigenvalue weighted by Gasteiger charge is 2.38. The number of hydrogen-bond donors (Lipinski definition) is 0. The average molecular weight is 362 g/mol. The lowest BCUT2D eigenvalue weighted by Gasteiger charge is -2.23. The van der Waals surface area contributed by atoms with Gasteiger partial charge >= 0.3 is 0 Å². The number of amides is 1. The Kier molecular flexibility index (Phi) is 4.94. The van der Waals surface area contributed by atoms with Gasteiger partial charge in [-0.1, -0.05) is 35.5 Å². The summed E-state index contributed by atoms with van der Waals surface area (Å²) in [6.07, 6.45) is 1.83. The maximum atomic E-state index is 13.2. The summed E-state index contributed by atoms with van der Waals surface area (Å²) in [7, 11) is -3.77. The van der Waals surface area contributed by atoms with Crippen molar-refractivity contribution in [1.82, 2.24) is 10.1 Å². The molecular formula is C18H22N2O4S. The van der Waals surface area contributed by atoms with Crippen LogP contribution in [0.5, 0.6) is 0 Å². The van der Waals surface area contributed by atoms with Crippen LogP contribution in [0.4, 0.5) is 0 Å². The second-order valence-corrected chi connectivity index (χ2v) is 8.52. The molecular weight excluding hydrogens is 340 g/mol. The summed E-state index contributed by atoms with van der Waals surface area (Å²) < 4.78 is 31.4. The monoisotopic (exact) mass is 362 g/mol. The zero-order valence-electron chi connectivity index (χ0n) is 14.4. The standard InChI is InChI=1S/C18H22N2O4S/c1-13-16(14(2)24-19-13)12-25(22,23)17(15-8-4-3-5-9-15)18(21)20-10-6-7-11-20/h3-5,8-9,17H,6-7,10-12H2,1-2H3/t17-/m0/s1. The van der Waals surface area contributed by atoms with E-state index < -0.39 is 15.1 Å². The second-order valence-electron chi connectivity index (χ2n) is 6.43. The fourth-order valence-corrected chi connectivity index (χ4v) is 5.24. The lowest BCUT2D eigenvalue weighted by Crippen LogP contribution is -2.36. The molecule has 1 atom stereocenters. The van der Waals surface area contributed by atoms with E-state index in [0.717, 1.165) is 12.8 Å². The molecule has 0 N–H and O–H groups in total. The third kappa shape index (κ3) is 3.61. The van der Waals surface area contributed by atoms with Crippen LogP contribution in [0.15, 0.2) is 34.9 Å². The molecule has 0 aliphatic carbocycles. The molecule has 6 nitrogen and oxygen atoms in total. The number of likely N-dealkylation sites (tertiary alicyclic amines) is 1. The minimum Gasteiger partial charge on any atom is -0.361 e. The highest BCUT2D eigenvalue weighted by Crippen LogP contribution is 2.30. The van der Waals surface area contributed by atoms with Crippen LogP contribution in [0.3, 0.4) is 0 Å². The third-order valence-electron chi connectivity index (χ3n) is 4.63. The zero-order chi connectivity index (χ0) is 18.0. The van der Waals surface area contributed by atoms with Gasteiger partial charge in [-0.15, -0.1) is 0 Å². The van der Waals surface area contributed by atoms with E-state index >= 15 is 0 Å². The largest absolute Gasteiger partial charge is 0.361 e. The summed E-state index contributed by atoms with van der Waals surface area (Å²) in [5.74, 6) is -0.121. The molecule has 0 bridgehead atoms. The van der Waals surface area contributed by atoms with Gasteiger partial charge in [0.1, 0.15) is 5.76 Å². The van der Waals surface area contributed by atoms with E-state index in [-0.39, 0.29) is 11.7 Å². The Morgan fingerprint density at radius 3 is 2.40 bits per heavy atom. The number of rotatable bonds is 5. The highest BCUT2D eigenvalue weighted by atomic mass is 32.2. The van der Waals surface area contributed by atoms with Crippen LogP contribution in [0.2, 0.25) is 0 Å². The van der Waals surface area contributed by atoms with Crippen molar-refractivity contribution >= 4 is 15.7 Å². The predicted octanol–water partition coefficient (Wildman–Crippen LogP) is 2.57. The van der Waals surface area contributed by atoms with Crippen LogP contribution in [0, 0.1) is 13.8 Å². The van der Waals surface area contributed by atoms with Crippen molar-refractivity contribution in [3.8, 4) is 0 Å². The molecule has 1 aliphatic heterocycles. The predicted molar refractivity (Wildman–Crippen MR) is 93.6 cm³/mol. The van der Waals surface area contributed by atoms with Crippen molar-refractivity contribution in [3.05, 3.63) is 52.9 Å². The van der Waals surface area contributed by atoms with Gasteiger partial charge in [0.15, 0.2) is 15.1 Å². The molecule has 1 aromatic carbocycles. The van der Waals surface area contributed by atoms with Crippen LogP contribution < -0.4 is 0 Å². The van der Waals surface area contributed by atoms with Crippen molar-refractivity contribution in [1.29, 1.82) is 0 Å². The van der Waals surface area contributed by atoms with Gasteiger partial charge in [0.05, 0.1) is 11.4 Å². The second kappa shape index (κ2) is 7.00. The molecule has 7 heteroatoms. The Morgan fingerprint density at radius 1 is 1.20 bits per heavy atom. The first kappa shape index (κ1) is 17.7. The van der Waals surface area contributed by atoms with Gasteiger partial charge in [-0.3, -0.25) is 4.79 Å². The first-order valence-corrected chi connectivity index (χ1v) is 10.1. The smallest absolute Gasteiger partial charge is 0.245 e. The Bertz CT molecular complexity index is 833. The van der Waals surface area contributed by atoms with Gasteiger partial charge in [-0.25, -0.2) is 8.42 Å². The minimum atomic E-state index is -3.77. The minimum absolute atomic E-state index is 0.257. The molecule has 0 saturated carbocycles. The van der Waals surface area contributed by atoms with Gasteiger partial charge < -0.3 is 9.42 Å². The number of benzene rings is 1. The summed E-state index contributed by atoms with van der Waals surface area (Å²) in [5.41, 5.74) is 1.59. The molecule has 0 spiro atoms. The molecule has 1 aromatic heterocycles. The lowest BCUT2D eigenvalue weighted by molar-refractivity contribution is -0.129. The number of nitrogens with zero attached hydrogens (tertiary/aromatic N) is 2. The molecule has 0 unspecified atom stereocenters. The van der Waals surface area contributed by atoms with E-state index in [1.54, 1.807) is 43.0 Å². The van der Waals surface area contributed by atoms with E-state index in [0.29, 0.717) is 35.7 Å². The van der Waals surface area contributed by atoms with Crippen molar-refractivity contribution in [2.24, 2.45) is 0 Å². The first-order valence-electron chi connectivity index (χ1n) is 8.37. The third-order valence-corrected chi connectivity index (χ3v) is 6.51. The van der Waals surface area contributed by atoms with Crippen LogP contribution in [-0.4, -0.2) is 37.5 Å². The normalized spacial score (nSPS) is 16.2. The molecule has 1 fully saturated rings. The Hall–Kier alpha value is -2.15. The SMILES string of the molecule is Cc1noc(C)c1CS(=O)(=O)[C@H](C(=O)N1CCCC1)c1ccccc1. The maximum absolute atomic E-state index is 13.2. The quantitative estimate of drug-likeness (QED) is 0.817. The molecule has 134 valence electrons. The van der Waals surface area contributed by atoms with E-state index in [4.69, 9.17) is 4.52 Å². The number of aryl methyl sites for hydroxylation is 2. The molecule has 0 radical (unpaired) electrons. The summed E-state index contributed by atoms with van der Waals surface area (Å²) in [4.78, 5) is 14.7. The number of aromatic nitrogens is 1. The van der Waals surface area contributed by atoms with Gasteiger partial charge in [0.2, 0.25) is 5.91 Å². The number of sulfone groups is 1. The lowest BCUT2D eigenvalue weighted by atomic mass is 10.1. The molecule has 25 heavy (non-hydrogen) atoms. The topological polar surface area (TPSA) is 80.5 Å². The summed E-state index contributed by atoms with van der Waals surface area (Å²) in [5, 5.41) is 2.63. The molecule has 1 amide bonds. The van der Waals surface area contributed by atoms with Gasteiger partial charge in [0, 0.05) is 18.7 Å². The summed E-state index contributed by atoms with van der Waals surface area (Å²) in [6, 6.07) is 8.71. The van der Waals surface area contributed by atoms with Crippen molar-refractivity contribution in [2.75, 3.05) is 13.1 Å². The number of carbonyl (C=O) groups is 1. The Balaban J connectivity index is 1.99. The Morgan fingerprint density at radius 2 is 1.84 bits per heavy atom. The van der Waals surface area contributed by atoms with Crippen molar-refractivity contribution in [2.45, 2.75) is 37.7 Å². The fourth-order valence-electron chi connectivity index (χ4n) is 3.23. The van der Waals surface area contributed by atoms with Gasteiger partial charge in [0.25, 0.3) is 0 Å². The van der Waals surface area contributed by atoms with Crippen LogP contribution in [0.1, 0.15) is 40.7 Å². The van der Waals surface area contributed by atoms with Gasteiger partial charge in [-0.2, -0.15) is 0 Å². The summed E-state index contributed by atoms with van der Waals surface area (Å²) >= 11 is 0. The Labute approximate surface area is 147 Å². The van der Waals surface area contributed by atoms with Crippen molar-refractivity contribution < 1.29 is 17.7 Å². The number of hydrogen-bond acceptors (Lipinski definition) is 5. The van der Waals surface area contributed by atoms with Gasteiger partial charge in [-0.05, 0) is 32.3 Å². The fraction of sp³-hybridized carbons (Fsp3) is 0.444. The van der Waals surface area contributed by atoms with Crippen LogP contribution >= 0.6 is 0 Å². The molecule has 3 rings (SSSR count). The highest BCUT2D eigenvalue weighted by molar-refractivity contribution is 7.91. The van der Waals surface area contributed by atoms with Crippen LogP contribution in [0.25, 0.3) is 0 Å². The van der Waals surface area contributed by atoms with Crippen molar-refractivity contribution in [3.63, 3.8) is 0 Å². The van der Waals surface area contributed by atoms with E-state index in [1.165, 1.54) is 0 Å². The number of carbonyl (C=O) groups excluding carboxylic acids is 1. The first-order chi connectivity index (χ1) is 11.9. The average Bonchev–Trinajstić information content (AvgIpc) is 3.21. The molecule has 2 heterocycles. The molecule has 2 aromatic rings. The zero-order valence-corrected chi connectivity index (χ0v) is 15.3. The van der Waals surface area contributed by atoms with E-state index in [9.17, 15) is 13.2 Å². The molecule has 1 saturated heterocycles. The molecule has 1 aliphatic rings.